The number of carbonyl (C=O) groups is 1. The van der Waals surface area contributed by atoms with Crippen LogP contribution in [0.25, 0.3) is 0 Å². The van der Waals surface area contributed by atoms with Crippen molar-refractivity contribution in [2.75, 3.05) is 12.0 Å². The lowest BCUT2D eigenvalue weighted by molar-refractivity contribution is -0.143. The minimum atomic E-state index is -0.626. The topological polar surface area (TPSA) is 49.3 Å². The first kappa shape index (κ1) is 12.8. The lowest BCUT2D eigenvalue weighted by Gasteiger charge is -2.29. The van der Waals surface area contributed by atoms with Gasteiger partial charge in [0.2, 0.25) is 0 Å². The van der Waals surface area contributed by atoms with Gasteiger partial charge in [0.25, 0.3) is 0 Å². The highest BCUT2D eigenvalue weighted by Crippen LogP contribution is 2.24. The van der Waals surface area contributed by atoms with Gasteiger partial charge in [-0.05, 0) is 32.4 Å². The Morgan fingerprint density at radius 1 is 1.60 bits per heavy atom. The van der Waals surface area contributed by atoms with Gasteiger partial charge < -0.3 is 10.4 Å². The second-order valence-electron chi connectivity index (χ2n) is 4.42. The van der Waals surface area contributed by atoms with Crippen molar-refractivity contribution in [3.63, 3.8) is 0 Å². The first-order valence-electron chi connectivity index (χ1n) is 5.61. The van der Waals surface area contributed by atoms with E-state index in [2.05, 4.69) is 18.5 Å². The van der Waals surface area contributed by atoms with E-state index in [1.807, 2.05) is 11.8 Å². The first-order valence-corrected chi connectivity index (χ1v) is 7.00. The molecule has 1 saturated carbocycles. The van der Waals surface area contributed by atoms with Crippen LogP contribution in [0.5, 0.6) is 0 Å². The van der Waals surface area contributed by atoms with Crippen LogP contribution in [-0.4, -0.2) is 35.2 Å². The summed E-state index contributed by atoms with van der Waals surface area (Å²) in [6, 6.07) is 0.888. The van der Waals surface area contributed by atoms with Crippen molar-refractivity contribution in [1.82, 2.24) is 5.32 Å². The summed E-state index contributed by atoms with van der Waals surface area (Å²) < 4.78 is 0. The predicted octanol–water partition coefficient (Wildman–Crippen LogP) is 1.97. The SMILES string of the molecule is CSCC(C)NC1CCCC(C(=O)O)C1. The Labute approximate surface area is 96.0 Å². The van der Waals surface area contributed by atoms with Crippen molar-refractivity contribution in [2.45, 2.75) is 44.7 Å². The molecule has 15 heavy (non-hydrogen) atoms. The molecule has 0 amide bonds. The molecule has 3 atom stereocenters. The molecular formula is C11H21NO2S. The fraction of sp³-hybridized carbons (Fsp3) is 0.909. The molecule has 0 aliphatic heterocycles. The highest BCUT2D eigenvalue weighted by molar-refractivity contribution is 7.98. The Hall–Kier alpha value is -0.220. The number of hydrogen-bond donors (Lipinski definition) is 2. The summed E-state index contributed by atoms with van der Waals surface area (Å²) in [5.41, 5.74) is 0. The summed E-state index contributed by atoms with van der Waals surface area (Å²) in [6.07, 6.45) is 5.92. The lowest BCUT2D eigenvalue weighted by atomic mass is 9.85. The van der Waals surface area contributed by atoms with Crippen molar-refractivity contribution in [3.05, 3.63) is 0 Å². The zero-order chi connectivity index (χ0) is 11.3. The van der Waals surface area contributed by atoms with Gasteiger partial charge in [-0.15, -0.1) is 0 Å². The molecular weight excluding hydrogens is 210 g/mol. The van der Waals surface area contributed by atoms with E-state index in [9.17, 15) is 4.79 Å². The van der Waals surface area contributed by atoms with Crippen LogP contribution in [0, 0.1) is 5.92 Å². The molecule has 0 spiro atoms. The molecule has 1 fully saturated rings. The van der Waals surface area contributed by atoms with Crippen LogP contribution >= 0.6 is 11.8 Å². The lowest BCUT2D eigenvalue weighted by Crippen LogP contribution is -2.42. The van der Waals surface area contributed by atoms with E-state index in [1.165, 1.54) is 0 Å². The predicted molar refractivity (Wildman–Crippen MR) is 64.4 cm³/mol. The maximum Gasteiger partial charge on any atom is 0.306 e. The second kappa shape index (κ2) is 6.38. The quantitative estimate of drug-likeness (QED) is 0.759. The minimum Gasteiger partial charge on any atom is -0.481 e. The van der Waals surface area contributed by atoms with Crippen molar-refractivity contribution in [1.29, 1.82) is 0 Å². The molecule has 1 aliphatic rings. The molecule has 2 N–H and O–H groups in total. The van der Waals surface area contributed by atoms with Gasteiger partial charge in [-0.2, -0.15) is 11.8 Å². The van der Waals surface area contributed by atoms with Crippen molar-refractivity contribution >= 4 is 17.7 Å². The van der Waals surface area contributed by atoms with Gasteiger partial charge in [-0.3, -0.25) is 4.79 Å². The molecule has 0 radical (unpaired) electrons. The van der Waals surface area contributed by atoms with E-state index in [1.54, 1.807) is 0 Å². The molecule has 1 aliphatic carbocycles. The number of rotatable bonds is 5. The fourth-order valence-corrected chi connectivity index (χ4v) is 2.86. The van der Waals surface area contributed by atoms with E-state index in [0.717, 1.165) is 31.4 Å². The van der Waals surface area contributed by atoms with E-state index in [4.69, 9.17) is 5.11 Å². The average Bonchev–Trinajstić information content (AvgIpc) is 2.18. The Kier molecular flexibility index (Phi) is 5.47. The summed E-state index contributed by atoms with van der Waals surface area (Å²) in [5.74, 6) is 0.338. The highest BCUT2D eigenvalue weighted by atomic mass is 32.2. The zero-order valence-electron chi connectivity index (χ0n) is 9.53. The molecule has 0 bridgehead atoms. The number of nitrogens with one attached hydrogen (secondary N) is 1. The third-order valence-corrected chi connectivity index (χ3v) is 3.79. The summed E-state index contributed by atoms with van der Waals surface area (Å²) in [6.45, 7) is 2.17. The number of hydrogen-bond acceptors (Lipinski definition) is 3. The molecule has 0 heterocycles. The van der Waals surface area contributed by atoms with E-state index in [-0.39, 0.29) is 5.92 Å². The maximum atomic E-state index is 10.9. The van der Waals surface area contributed by atoms with Gasteiger partial charge in [0.05, 0.1) is 5.92 Å². The summed E-state index contributed by atoms with van der Waals surface area (Å²) >= 11 is 1.83. The van der Waals surface area contributed by atoms with Crippen molar-refractivity contribution < 1.29 is 9.90 Å². The summed E-state index contributed by atoms with van der Waals surface area (Å²) in [7, 11) is 0. The van der Waals surface area contributed by atoms with Gasteiger partial charge in [0.1, 0.15) is 0 Å². The van der Waals surface area contributed by atoms with Crippen molar-refractivity contribution in [3.8, 4) is 0 Å². The third kappa shape index (κ3) is 4.43. The van der Waals surface area contributed by atoms with Crippen molar-refractivity contribution in [2.24, 2.45) is 5.92 Å². The van der Waals surface area contributed by atoms with Gasteiger partial charge in [-0.1, -0.05) is 6.42 Å². The van der Waals surface area contributed by atoms with Crippen LogP contribution in [-0.2, 0) is 4.79 Å². The van der Waals surface area contributed by atoms with Crippen LogP contribution in [0.15, 0.2) is 0 Å². The third-order valence-electron chi connectivity index (χ3n) is 2.96. The van der Waals surface area contributed by atoms with Gasteiger partial charge in [-0.25, -0.2) is 0 Å². The first-order chi connectivity index (χ1) is 7.13. The Morgan fingerprint density at radius 3 is 2.93 bits per heavy atom. The molecule has 0 aromatic heterocycles. The molecule has 0 aromatic rings. The normalized spacial score (nSPS) is 28.7. The Balaban J connectivity index is 2.32. The minimum absolute atomic E-state index is 0.127. The fourth-order valence-electron chi connectivity index (χ4n) is 2.27. The largest absolute Gasteiger partial charge is 0.481 e. The standard InChI is InChI=1S/C11H21NO2S/c1-8(7-15-2)12-10-5-3-4-9(6-10)11(13)14/h8-10,12H,3-7H2,1-2H3,(H,13,14). The van der Waals surface area contributed by atoms with Crippen LogP contribution in [0.4, 0.5) is 0 Å². The van der Waals surface area contributed by atoms with E-state index in [0.29, 0.717) is 12.1 Å². The van der Waals surface area contributed by atoms with Crippen LogP contribution in [0.1, 0.15) is 32.6 Å². The second-order valence-corrected chi connectivity index (χ2v) is 5.33. The van der Waals surface area contributed by atoms with E-state index >= 15 is 0 Å². The monoisotopic (exact) mass is 231 g/mol. The molecule has 3 nitrogen and oxygen atoms in total. The van der Waals surface area contributed by atoms with Gasteiger partial charge >= 0.3 is 5.97 Å². The number of thioether (sulfide) groups is 1. The molecule has 4 heteroatoms. The number of carboxylic acids is 1. The number of carboxylic acid groups (broad SMARTS) is 1. The molecule has 88 valence electrons. The molecule has 0 aromatic carbocycles. The maximum absolute atomic E-state index is 10.9. The summed E-state index contributed by atoms with van der Waals surface area (Å²) in [5, 5.41) is 12.5. The van der Waals surface area contributed by atoms with Crippen LogP contribution in [0.2, 0.25) is 0 Å². The van der Waals surface area contributed by atoms with E-state index < -0.39 is 5.97 Å². The smallest absolute Gasteiger partial charge is 0.306 e. The zero-order valence-corrected chi connectivity index (χ0v) is 10.3. The van der Waals surface area contributed by atoms with Crippen LogP contribution < -0.4 is 5.32 Å². The summed E-state index contributed by atoms with van der Waals surface area (Å²) in [4.78, 5) is 10.9. The molecule has 0 saturated heterocycles. The molecule has 1 rings (SSSR count). The Morgan fingerprint density at radius 2 is 2.33 bits per heavy atom. The molecule has 3 unspecified atom stereocenters. The number of aliphatic carboxylic acids is 1. The van der Waals surface area contributed by atoms with Crippen LogP contribution in [0.3, 0.4) is 0 Å². The Bertz CT molecular complexity index is 211. The average molecular weight is 231 g/mol. The highest BCUT2D eigenvalue weighted by Gasteiger charge is 2.27. The van der Waals surface area contributed by atoms with Gasteiger partial charge in [0, 0.05) is 17.8 Å². The van der Waals surface area contributed by atoms with Gasteiger partial charge in [0.15, 0.2) is 0 Å².